The third kappa shape index (κ3) is 8.31. The zero-order valence-corrected chi connectivity index (χ0v) is 10.3. The molecule has 0 saturated carbocycles. The molecule has 0 aliphatic carbocycles. The van der Waals surface area contributed by atoms with Gasteiger partial charge in [0.2, 0.25) is 0 Å². The summed E-state index contributed by atoms with van der Waals surface area (Å²) in [6.07, 6.45) is 11.6. The second-order valence-corrected chi connectivity index (χ2v) is 1.27. The molecule has 0 saturated heterocycles. The van der Waals surface area contributed by atoms with Gasteiger partial charge in [0.15, 0.2) is 0 Å². The summed E-state index contributed by atoms with van der Waals surface area (Å²) < 4.78 is 0. The van der Waals surface area contributed by atoms with Gasteiger partial charge in [0, 0.05) is 12.4 Å². The van der Waals surface area contributed by atoms with Crippen LogP contribution in [0.5, 0.6) is 0 Å². The second kappa shape index (κ2) is 12.0. The number of hydrogen-bond acceptors (Lipinski definition) is 1. The molecule has 3 unspecified atom stereocenters. The molecule has 3 atom stereocenters. The Morgan fingerprint density at radius 1 is 0.600 bits per heavy atom. The van der Waals surface area contributed by atoms with E-state index in [4.69, 9.17) is 0 Å². The van der Waals surface area contributed by atoms with E-state index in [1.165, 1.54) is 0 Å². The standard InChI is InChI=1S/C6H7N.3H3P/c1-2-4-6-7-5-3-1;;;/h1-7H;3*1H3. The molecular weight excluding hydrogens is 179 g/mol. The maximum Gasteiger partial charge on any atom is 0.000442 e. The second-order valence-electron chi connectivity index (χ2n) is 1.27. The molecule has 4 heteroatoms. The Kier molecular flexibility index (Phi) is 20.1. The van der Waals surface area contributed by atoms with Crippen molar-refractivity contribution in [2.24, 2.45) is 0 Å². The molecule has 0 fully saturated rings. The molecule has 0 spiro atoms. The smallest absolute Gasteiger partial charge is 0.000442 e. The fraction of sp³-hybridized carbons (Fsp3) is 0. The van der Waals surface area contributed by atoms with E-state index < -0.39 is 0 Å². The zero-order chi connectivity index (χ0) is 4.95. The number of allylic oxidation sites excluding steroid dienone is 4. The lowest BCUT2D eigenvalue weighted by atomic mass is 10.5. The van der Waals surface area contributed by atoms with Gasteiger partial charge in [-0.3, -0.25) is 0 Å². The Morgan fingerprint density at radius 3 is 1.40 bits per heavy atom. The molecule has 60 valence electrons. The third-order valence-electron chi connectivity index (χ3n) is 0.718. The lowest BCUT2D eigenvalue weighted by molar-refractivity contribution is 1.20. The van der Waals surface area contributed by atoms with Crippen LogP contribution in [0.15, 0.2) is 36.7 Å². The van der Waals surface area contributed by atoms with Crippen molar-refractivity contribution in [3.63, 3.8) is 0 Å². The predicted octanol–water partition coefficient (Wildman–Crippen LogP) is 1.35. The van der Waals surface area contributed by atoms with E-state index in [0.29, 0.717) is 0 Å². The van der Waals surface area contributed by atoms with Crippen LogP contribution >= 0.6 is 29.7 Å². The van der Waals surface area contributed by atoms with Crippen LogP contribution in [0.4, 0.5) is 0 Å². The summed E-state index contributed by atoms with van der Waals surface area (Å²) in [5.41, 5.74) is 0. The molecular formula is C6H16NP3. The third-order valence-corrected chi connectivity index (χ3v) is 0.718. The van der Waals surface area contributed by atoms with Crippen LogP contribution in [-0.4, -0.2) is 0 Å². The molecule has 1 rings (SSSR count). The molecule has 1 N–H and O–H groups in total. The molecule has 10 heavy (non-hydrogen) atoms. The maximum absolute atomic E-state index is 2.92. The number of rotatable bonds is 0. The van der Waals surface area contributed by atoms with E-state index in [1.54, 1.807) is 0 Å². The predicted molar refractivity (Wildman–Crippen MR) is 63.9 cm³/mol. The summed E-state index contributed by atoms with van der Waals surface area (Å²) in [6, 6.07) is 0. The summed E-state index contributed by atoms with van der Waals surface area (Å²) in [7, 11) is 0. The average molecular weight is 195 g/mol. The minimum absolute atomic E-state index is 0. The van der Waals surface area contributed by atoms with Gasteiger partial charge in [-0.05, 0) is 12.2 Å². The van der Waals surface area contributed by atoms with E-state index in [2.05, 4.69) is 5.32 Å². The van der Waals surface area contributed by atoms with Gasteiger partial charge >= 0.3 is 0 Å². The van der Waals surface area contributed by atoms with Crippen molar-refractivity contribution in [3.8, 4) is 0 Å². The summed E-state index contributed by atoms with van der Waals surface area (Å²) in [5, 5.41) is 2.92. The van der Waals surface area contributed by atoms with Crippen LogP contribution in [0.3, 0.4) is 0 Å². The lowest BCUT2D eigenvalue weighted by Crippen LogP contribution is -1.87. The molecule has 0 amide bonds. The first-order valence-corrected chi connectivity index (χ1v) is 2.24. The van der Waals surface area contributed by atoms with Crippen LogP contribution < -0.4 is 5.32 Å². The quantitative estimate of drug-likeness (QED) is 0.575. The van der Waals surface area contributed by atoms with E-state index in [-0.39, 0.29) is 29.7 Å². The van der Waals surface area contributed by atoms with Gasteiger partial charge in [-0.2, -0.15) is 29.7 Å². The average Bonchev–Trinajstić information content (AvgIpc) is 1.90. The Bertz CT molecular complexity index is 115. The normalized spacial score (nSPS) is 11.2. The summed E-state index contributed by atoms with van der Waals surface area (Å²) in [5.74, 6) is 0. The van der Waals surface area contributed by atoms with Crippen LogP contribution in [0.25, 0.3) is 0 Å². The van der Waals surface area contributed by atoms with Crippen molar-refractivity contribution < 1.29 is 0 Å². The van der Waals surface area contributed by atoms with Crippen LogP contribution in [0, 0.1) is 0 Å². The summed E-state index contributed by atoms with van der Waals surface area (Å²) in [4.78, 5) is 0. The number of hydrogen-bond donors (Lipinski definition) is 1. The van der Waals surface area contributed by atoms with Gasteiger partial charge in [0.1, 0.15) is 0 Å². The minimum atomic E-state index is 0. The number of nitrogens with one attached hydrogen (secondary N) is 1. The molecule has 0 aromatic heterocycles. The van der Waals surface area contributed by atoms with Crippen molar-refractivity contribution in [1.29, 1.82) is 0 Å². The molecule has 1 heterocycles. The van der Waals surface area contributed by atoms with E-state index in [0.717, 1.165) is 0 Å². The fourth-order valence-corrected chi connectivity index (χ4v) is 0.406. The van der Waals surface area contributed by atoms with E-state index in [1.807, 2.05) is 36.7 Å². The Balaban J connectivity index is -0.000000163. The van der Waals surface area contributed by atoms with Gasteiger partial charge in [-0.25, -0.2) is 0 Å². The molecule has 1 aliphatic rings. The van der Waals surface area contributed by atoms with Crippen molar-refractivity contribution in [1.82, 2.24) is 5.32 Å². The SMILES string of the molecule is C1=CC=CNC=C1.P.P.P. The highest BCUT2D eigenvalue weighted by Gasteiger charge is 1.67. The molecule has 0 radical (unpaired) electrons. The first-order valence-electron chi connectivity index (χ1n) is 2.24. The largest absolute Gasteiger partial charge is 0.368 e. The Morgan fingerprint density at radius 2 is 1.00 bits per heavy atom. The first kappa shape index (κ1) is 16.7. The highest BCUT2D eigenvalue weighted by molar-refractivity contribution is 6.92. The van der Waals surface area contributed by atoms with Gasteiger partial charge < -0.3 is 5.32 Å². The van der Waals surface area contributed by atoms with Crippen LogP contribution in [0.1, 0.15) is 0 Å². The van der Waals surface area contributed by atoms with E-state index >= 15 is 0 Å². The van der Waals surface area contributed by atoms with Crippen molar-refractivity contribution in [3.05, 3.63) is 36.7 Å². The molecule has 0 aromatic carbocycles. The van der Waals surface area contributed by atoms with Gasteiger partial charge in [-0.1, -0.05) is 12.2 Å². The Labute approximate surface area is 72.3 Å². The first-order chi connectivity index (χ1) is 3.50. The topological polar surface area (TPSA) is 12.0 Å². The monoisotopic (exact) mass is 195 g/mol. The summed E-state index contributed by atoms with van der Waals surface area (Å²) in [6.45, 7) is 0. The lowest BCUT2D eigenvalue weighted by Gasteiger charge is -1.79. The highest BCUT2D eigenvalue weighted by Crippen LogP contribution is 1.81. The fourth-order valence-electron chi connectivity index (χ4n) is 0.406. The summed E-state index contributed by atoms with van der Waals surface area (Å²) >= 11 is 0. The van der Waals surface area contributed by atoms with E-state index in [9.17, 15) is 0 Å². The van der Waals surface area contributed by atoms with Crippen molar-refractivity contribution >= 4 is 29.7 Å². The molecule has 0 bridgehead atoms. The van der Waals surface area contributed by atoms with Gasteiger partial charge in [0.25, 0.3) is 0 Å². The maximum atomic E-state index is 2.92. The Hall–Kier alpha value is 0.310. The van der Waals surface area contributed by atoms with Gasteiger partial charge in [-0.15, -0.1) is 0 Å². The zero-order valence-electron chi connectivity index (χ0n) is 6.09. The van der Waals surface area contributed by atoms with Crippen molar-refractivity contribution in [2.45, 2.75) is 0 Å². The van der Waals surface area contributed by atoms with Crippen LogP contribution in [0.2, 0.25) is 0 Å². The molecule has 1 aliphatic heterocycles. The van der Waals surface area contributed by atoms with Gasteiger partial charge in [0.05, 0.1) is 0 Å². The molecule has 1 nitrogen and oxygen atoms in total. The van der Waals surface area contributed by atoms with Crippen LogP contribution in [-0.2, 0) is 0 Å². The van der Waals surface area contributed by atoms with Crippen molar-refractivity contribution in [2.75, 3.05) is 0 Å². The minimum Gasteiger partial charge on any atom is -0.368 e. The molecule has 0 aromatic rings. The highest BCUT2D eigenvalue weighted by atomic mass is 31.0.